The summed E-state index contributed by atoms with van der Waals surface area (Å²) in [5.74, 6) is 0. The number of aromatic nitrogens is 2. The number of fused-ring (bicyclic) bond motifs is 1. The summed E-state index contributed by atoms with van der Waals surface area (Å²) in [4.78, 5) is 0. The molecule has 1 heterocycles. The molecule has 2 unspecified atom stereocenters. The van der Waals surface area contributed by atoms with Crippen LogP contribution in [0.2, 0.25) is 0 Å². The lowest BCUT2D eigenvalue weighted by molar-refractivity contribution is 0.510. The van der Waals surface area contributed by atoms with Crippen molar-refractivity contribution in [3.63, 3.8) is 0 Å². The van der Waals surface area contributed by atoms with Crippen molar-refractivity contribution in [2.45, 2.75) is 38.1 Å². The Hall–Kier alpha value is -1.40. The summed E-state index contributed by atoms with van der Waals surface area (Å²) in [5.41, 5.74) is 2.04. The van der Waals surface area contributed by atoms with E-state index >= 15 is 0 Å². The van der Waals surface area contributed by atoms with Gasteiger partial charge in [0.15, 0.2) is 9.84 Å². The molecule has 0 amide bonds. The fraction of sp³-hybridized carbons (Fsp3) is 0.533. The minimum Gasteiger partial charge on any atom is -0.315 e. The summed E-state index contributed by atoms with van der Waals surface area (Å²) < 4.78 is 25.5. The average Bonchev–Trinajstić information content (AvgIpc) is 2.81. The maximum atomic E-state index is 11.8. The highest BCUT2D eigenvalue weighted by atomic mass is 32.2. The second-order valence-electron chi connectivity index (χ2n) is 5.41. The molecule has 1 aromatic heterocycles. The van der Waals surface area contributed by atoms with Crippen molar-refractivity contribution in [1.29, 1.82) is 0 Å². The molecule has 2 atom stereocenters. The van der Waals surface area contributed by atoms with E-state index in [0.29, 0.717) is 6.42 Å². The topological polar surface area (TPSA) is 64.0 Å². The maximum absolute atomic E-state index is 11.8. The molecular formula is C15H23N3O2S. The van der Waals surface area contributed by atoms with Crippen molar-refractivity contribution in [3.8, 4) is 0 Å². The number of benzene rings is 1. The first-order valence-electron chi connectivity index (χ1n) is 7.19. The number of nitrogens with zero attached hydrogens (tertiary/aromatic N) is 2. The zero-order valence-corrected chi connectivity index (χ0v) is 13.8. The van der Waals surface area contributed by atoms with Crippen molar-refractivity contribution in [1.82, 2.24) is 15.1 Å². The van der Waals surface area contributed by atoms with Crippen LogP contribution in [-0.2, 0) is 22.8 Å². The normalized spacial score (nSPS) is 15.2. The highest BCUT2D eigenvalue weighted by Gasteiger charge is 2.26. The first-order chi connectivity index (χ1) is 9.88. The molecule has 0 bridgehead atoms. The number of likely N-dealkylation sites (N-methyl/N-ethyl adjacent to an activating group) is 1. The first kappa shape index (κ1) is 16.0. The third kappa shape index (κ3) is 3.27. The van der Waals surface area contributed by atoms with Gasteiger partial charge in [-0.2, -0.15) is 5.10 Å². The Bertz CT molecular complexity index is 722. The Labute approximate surface area is 126 Å². The lowest BCUT2D eigenvalue weighted by Gasteiger charge is -2.21. The minimum absolute atomic E-state index is 0.149. The van der Waals surface area contributed by atoms with Gasteiger partial charge >= 0.3 is 0 Å². The first-order valence-corrected chi connectivity index (χ1v) is 9.14. The zero-order valence-electron chi connectivity index (χ0n) is 13.0. The molecular weight excluding hydrogens is 286 g/mol. The van der Waals surface area contributed by atoms with Crippen molar-refractivity contribution in [3.05, 3.63) is 30.0 Å². The Balaban J connectivity index is 2.38. The summed E-state index contributed by atoms with van der Waals surface area (Å²) in [6.07, 6.45) is 1.88. The van der Waals surface area contributed by atoms with Gasteiger partial charge in [0.2, 0.25) is 0 Å². The van der Waals surface area contributed by atoms with Gasteiger partial charge in [0, 0.05) is 30.6 Å². The average molecular weight is 309 g/mol. The summed E-state index contributed by atoms with van der Waals surface area (Å²) in [6, 6.07) is 7.92. The zero-order chi connectivity index (χ0) is 15.6. The summed E-state index contributed by atoms with van der Waals surface area (Å²) in [6.45, 7) is 4.60. The van der Waals surface area contributed by atoms with Crippen LogP contribution in [-0.4, -0.2) is 42.8 Å². The lowest BCUT2D eigenvalue weighted by Crippen LogP contribution is -2.42. The van der Waals surface area contributed by atoms with Crippen molar-refractivity contribution in [2.75, 3.05) is 13.3 Å². The van der Waals surface area contributed by atoms with Crippen LogP contribution in [0, 0.1) is 0 Å². The van der Waals surface area contributed by atoms with Gasteiger partial charge in [0.1, 0.15) is 0 Å². The van der Waals surface area contributed by atoms with Crippen LogP contribution >= 0.6 is 0 Å². The number of aryl methyl sites for hydroxylation is 1. The molecule has 0 aliphatic carbocycles. The smallest absolute Gasteiger partial charge is 0.151 e. The van der Waals surface area contributed by atoms with Crippen molar-refractivity contribution >= 4 is 20.7 Å². The highest BCUT2D eigenvalue weighted by Crippen LogP contribution is 2.21. The SMILES string of the molecule is CCn1nc(CC(NC)C(C)S(C)(=O)=O)c2ccccc21. The Morgan fingerprint density at radius 3 is 2.57 bits per heavy atom. The number of sulfone groups is 1. The molecule has 6 heteroatoms. The molecule has 116 valence electrons. The molecule has 5 nitrogen and oxygen atoms in total. The second kappa shape index (κ2) is 6.15. The largest absolute Gasteiger partial charge is 0.315 e. The third-order valence-corrected chi connectivity index (χ3v) is 5.74. The molecule has 0 aliphatic heterocycles. The van der Waals surface area contributed by atoms with Gasteiger partial charge in [0.25, 0.3) is 0 Å². The van der Waals surface area contributed by atoms with E-state index in [0.717, 1.165) is 23.1 Å². The molecule has 0 aliphatic rings. The van der Waals surface area contributed by atoms with Gasteiger partial charge in [-0.3, -0.25) is 4.68 Å². The molecule has 0 spiro atoms. The molecule has 2 aromatic rings. The highest BCUT2D eigenvalue weighted by molar-refractivity contribution is 7.91. The molecule has 0 radical (unpaired) electrons. The fourth-order valence-electron chi connectivity index (χ4n) is 2.60. The van der Waals surface area contributed by atoms with Crippen LogP contribution in [0.4, 0.5) is 0 Å². The van der Waals surface area contributed by atoms with E-state index in [1.807, 2.05) is 28.9 Å². The summed E-state index contributed by atoms with van der Waals surface area (Å²) in [7, 11) is -1.29. The van der Waals surface area contributed by atoms with Crippen LogP contribution in [0.3, 0.4) is 0 Å². The van der Waals surface area contributed by atoms with Gasteiger partial charge in [-0.05, 0) is 27.0 Å². The monoisotopic (exact) mass is 309 g/mol. The van der Waals surface area contributed by atoms with Gasteiger partial charge in [-0.15, -0.1) is 0 Å². The van der Waals surface area contributed by atoms with Crippen LogP contribution in [0.25, 0.3) is 10.9 Å². The second-order valence-corrected chi connectivity index (χ2v) is 7.82. The number of nitrogens with one attached hydrogen (secondary N) is 1. The molecule has 0 saturated heterocycles. The van der Waals surface area contributed by atoms with Crippen LogP contribution in [0.5, 0.6) is 0 Å². The van der Waals surface area contributed by atoms with E-state index in [2.05, 4.69) is 17.3 Å². The number of para-hydroxylation sites is 1. The van der Waals surface area contributed by atoms with Gasteiger partial charge in [0.05, 0.1) is 16.5 Å². The third-order valence-electron chi connectivity index (χ3n) is 4.06. The molecule has 1 N–H and O–H groups in total. The Morgan fingerprint density at radius 2 is 2.00 bits per heavy atom. The van der Waals surface area contributed by atoms with E-state index in [9.17, 15) is 8.42 Å². The van der Waals surface area contributed by atoms with Gasteiger partial charge in [-0.25, -0.2) is 8.42 Å². The molecule has 0 saturated carbocycles. The molecule has 2 rings (SSSR count). The predicted octanol–water partition coefficient (Wildman–Crippen LogP) is 1.62. The maximum Gasteiger partial charge on any atom is 0.151 e. The fourth-order valence-corrected chi connectivity index (χ4v) is 3.43. The predicted molar refractivity (Wildman–Crippen MR) is 86.3 cm³/mol. The van der Waals surface area contributed by atoms with E-state index < -0.39 is 15.1 Å². The number of hydrogen-bond acceptors (Lipinski definition) is 4. The molecule has 1 aromatic carbocycles. The number of hydrogen-bond donors (Lipinski definition) is 1. The molecule has 0 fully saturated rings. The van der Waals surface area contributed by atoms with Crippen LogP contribution in [0.1, 0.15) is 19.5 Å². The summed E-state index contributed by atoms with van der Waals surface area (Å²) >= 11 is 0. The van der Waals surface area contributed by atoms with Gasteiger partial charge in [-0.1, -0.05) is 18.2 Å². The Kier molecular flexibility index (Phi) is 4.68. The van der Waals surface area contributed by atoms with E-state index in [1.54, 1.807) is 14.0 Å². The van der Waals surface area contributed by atoms with Crippen LogP contribution in [0.15, 0.2) is 24.3 Å². The lowest BCUT2D eigenvalue weighted by atomic mass is 10.1. The van der Waals surface area contributed by atoms with Crippen LogP contribution < -0.4 is 5.32 Å². The van der Waals surface area contributed by atoms with E-state index in [1.165, 1.54) is 6.26 Å². The quantitative estimate of drug-likeness (QED) is 0.881. The van der Waals surface area contributed by atoms with Gasteiger partial charge < -0.3 is 5.32 Å². The number of rotatable bonds is 6. The minimum atomic E-state index is -3.08. The van der Waals surface area contributed by atoms with E-state index in [-0.39, 0.29) is 6.04 Å². The van der Waals surface area contributed by atoms with Crippen molar-refractivity contribution in [2.24, 2.45) is 0 Å². The Morgan fingerprint density at radius 1 is 1.33 bits per heavy atom. The standard InChI is InChI=1S/C15H23N3O2S/c1-5-18-15-9-7-6-8-12(15)14(17-18)10-13(16-3)11(2)21(4,19)20/h6-9,11,13,16H,5,10H2,1-4H3. The van der Waals surface area contributed by atoms with E-state index in [4.69, 9.17) is 0 Å². The summed E-state index contributed by atoms with van der Waals surface area (Å²) in [5, 5.41) is 8.41. The molecule has 21 heavy (non-hydrogen) atoms. The van der Waals surface area contributed by atoms with Crippen molar-refractivity contribution < 1.29 is 8.42 Å².